The molecule has 162 valence electrons. The number of benzene rings is 3. The number of rotatable bonds is 5. The van der Waals surface area contributed by atoms with Gasteiger partial charge < -0.3 is 5.32 Å². The molecule has 0 aliphatic carbocycles. The first-order valence-corrected chi connectivity index (χ1v) is 11.4. The lowest BCUT2D eigenvalue weighted by atomic mass is 10.2. The maximum atomic E-state index is 12.8. The number of anilines is 1. The molecule has 33 heavy (non-hydrogen) atoms. The number of hydrogen-bond acceptors (Lipinski definition) is 5. The third-order valence-electron chi connectivity index (χ3n) is 4.91. The SMILES string of the molecule is Cc1cc(Sc2ccccc2NC(=O)c2ccccc2Cl)n2nc(-c3ccccc3)nc2n1. The Kier molecular flexibility index (Phi) is 5.81. The van der Waals surface area contributed by atoms with Crippen LogP contribution in [0.15, 0.2) is 94.9 Å². The van der Waals surface area contributed by atoms with Gasteiger partial charge in [0, 0.05) is 16.2 Å². The molecule has 0 fully saturated rings. The van der Waals surface area contributed by atoms with Crippen LogP contribution in [0.1, 0.15) is 16.1 Å². The van der Waals surface area contributed by atoms with Crippen molar-refractivity contribution in [1.29, 1.82) is 0 Å². The average Bonchev–Trinajstić information content (AvgIpc) is 3.25. The summed E-state index contributed by atoms with van der Waals surface area (Å²) < 4.78 is 1.73. The van der Waals surface area contributed by atoms with Crippen LogP contribution in [0.25, 0.3) is 17.2 Å². The van der Waals surface area contributed by atoms with Crippen LogP contribution in [0.2, 0.25) is 5.02 Å². The minimum atomic E-state index is -0.267. The van der Waals surface area contributed by atoms with E-state index in [1.165, 1.54) is 11.8 Å². The maximum Gasteiger partial charge on any atom is 0.257 e. The number of para-hydroxylation sites is 1. The van der Waals surface area contributed by atoms with Crippen molar-refractivity contribution in [2.75, 3.05) is 5.32 Å². The topological polar surface area (TPSA) is 72.2 Å². The van der Waals surface area contributed by atoms with Gasteiger partial charge in [-0.15, -0.1) is 5.10 Å². The summed E-state index contributed by atoms with van der Waals surface area (Å²) in [6, 6.07) is 26.3. The second kappa shape index (κ2) is 9.05. The third kappa shape index (κ3) is 4.46. The van der Waals surface area contributed by atoms with Crippen LogP contribution >= 0.6 is 23.4 Å². The van der Waals surface area contributed by atoms with Gasteiger partial charge in [-0.3, -0.25) is 4.79 Å². The molecule has 1 N–H and O–H groups in total. The van der Waals surface area contributed by atoms with E-state index in [1.54, 1.807) is 28.8 Å². The first kappa shape index (κ1) is 21.2. The quantitative estimate of drug-likeness (QED) is 0.311. The number of carbonyl (C=O) groups is 1. The highest BCUT2D eigenvalue weighted by Crippen LogP contribution is 2.34. The van der Waals surface area contributed by atoms with Crippen molar-refractivity contribution in [3.8, 4) is 11.4 Å². The van der Waals surface area contributed by atoms with Gasteiger partial charge in [0.1, 0.15) is 5.03 Å². The number of amides is 1. The normalized spacial score (nSPS) is 11.0. The van der Waals surface area contributed by atoms with Crippen molar-refractivity contribution < 1.29 is 4.79 Å². The van der Waals surface area contributed by atoms with E-state index in [0.717, 1.165) is 21.2 Å². The van der Waals surface area contributed by atoms with Gasteiger partial charge in [-0.1, -0.05) is 78.0 Å². The van der Waals surface area contributed by atoms with E-state index < -0.39 is 0 Å². The van der Waals surface area contributed by atoms with E-state index in [-0.39, 0.29) is 5.91 Å². The minimum Gasteiger partial charge on any atom is -0.321 e. The van der Waals surface area contributed by atoms with E-state index in [0.29, 0.717) is 27.9 Å². The van der Waals surface area contributed by atoms with Crippen LogP contribution in [0.5, 0.6) is 0 Å². The third-order valence-corrected chi connectivity index (χ3v) is 6.31. The van der Waals surface area contributed by atoms with Gasteiger partial charge >= 0.3 is 0 Å². The van der Waals surface area contributed by atoms with Gasteiger partial charge in [0.15, 0.2) is 5.82 Å². The van der Waals surface area contributed by atoms with Crippen LogP contribution in [0, 0.1) is 6.92 Å². The zero-order chi connectivity index (χ0) is 22.8. The molecule has 0 aliphatic heterocycles. The summed E-state index contributed by atoms with van der Waals surface area (Å²) in [6.07, 6.45) is 0. The molecule has 3 aromatic carbocycles. The number of aromatic nitrogens is 4. The molecule has 0 saturated heterocycles. The summed E-state index contributed by atoms with van der Waals surface area (Å²) in [5.74, 6) is 0.863. The molecule has 0 spiro atoms. The number of nitrogens with zero attached hydrogens (tertiary/aromatic N) is 4. The van der Waals surface area contributed by atoms with Crippen molar-refractivity contribution in [2.24, 2.45) is 0 Å². The van der Waals surface area contributed by atoms with E-state index in [1.807, 2.05) is 67.6 Å². The van der Waals surface area contributed by atoms with Crippen LogP contribution in [0.3, 0.4) is 0 Å². The molecule has 0 bridgehead atoms. The van der Waals surface area contributed by atoms with Gasteiger partial charge in [-0.2, -0.15) is 9.50 Å². The zero-order valence-corrected chi connectivity index (χ0v) is 19.1. The number of halogens is 1. The smallest absolute Gasteiger partial charge is 0.257 e. The Morgan fingerprint density at radius 1 is 0.939 bits per heavy atom. The summed E-state index contributed by atoms with van der Waals surface area (Å²) in [4.78, 5) is 22.8. The molecule has 1 amide bonds. The summed E-state index contributed by atoms with van der Waals surface area (Å²) in [5.41, 5.74) is 2.85. The highest BCUT2D eigenvalue weighted by Gasteiger charge is 2.16. The summed E-state index contributed by atoms with van der Waals surface area (Å²) in [5, 5.41) is 8.91. The number of carbonyl (C=O) groups excluding carboxylic acids is 1. The molecule has 0 aliphatic rings. The lowest BCUT2D eigenvalue weighted by Gasteiger charge is -2.12. The number of aryl methyl sites for hydroxylation is 1. The van der Waals surface area contributed by atoms with Crippen molar-refractivity contribution in [3.05, 3.63) is 101 Å². The monoisotopic (exact) mass is 471 g/mol. The molecular weight excluding hydrogens is 454 g/mol. The molecular formula is C25H18ClN5OS. The second-order valence-corrected chi connectivity index (χ2v) is 8.75. The Morgan fingerprint density at radius 3 is 2.48 bits per heavy atom. The van der Waals surface area contributed by atoms with Crippen molar-refractivity contribution in [1.82, 2.24) is 19.6 Å². The molecule has 0 saturated carbocycles. The van der Waals surface area contributed by atoms with Crippen LogP contribution in [-0.2, 0) is 0 Å². The van der Waals surface area contributed by atoms with E-state index >= 15 is 0 Å². The van der Waals surface area contributed by atoms with Gasteiger partial charge in [-0.05, 0) is 37.3 Å². The fourth-order valence-corrected chi connectivity index (χ4v) is 4.60. The number of nitrogens with one attached hydrogen (secondary N) is 1. The van der Waals surface area contributed by atoms with E-state index in [2.05, 4.69) is 20.4 Å². The molecule has 2 aromatic heterocycles. The predicted molar refractivity (Wildman–Crippen MR) is 131 cm³/mol. The summed E-state index contributed by atoms with van der Waals surface area (Å²) in [7, 11) is 0. The molecule has 0 atom stereocenters. The van der Waals surface area contributed by atoms with E-state index in [9.17, 15) is 4.79 Å². The zero-order valence-electron chi connectivity index (χ0n) is 17.6. The molecule has 8 heteroatoms. The Morgan fingerprint density at radius 2 is 1.67 bits per heavy atom. The Labute approximate surface area is 199 Å². The van der Waals surface area contributed by atoms with Gasteiger partial charge in [-0.25, -0.2) is 4.98 Å². The standard InChI is InChI=1S/C25H18ClN5OS/c1-16-15-22(31-25(27-16)29-23(30-31)17-9-3-2-4-10-17)33-21-14-8-7-13-20(21)28-24(32)18-11-5-6-12-19(18)26/h2-15H,1H3,(H,28,32). The Hall–Kier alpha value is -3.68. The van der Waals surface area contributed by atoms with Crippen LogP contribution < -0.4 is 5.32 Å². The van der Waals surface area contributed by atoms with Crippen LogP contribution in [0.4, 0.5) is 5.69 Å². The minimum absolute atomic E-state index is 0.267. The average molecular weight is 472 g/mol. The molecule has 0 unspecified atom stereocenters. The first-order valence-electron chi connectivity index (χ1n) is 10.2. The fraction of sp³-hybridized carbons (Fsp3) is 0.0400. The molecule has 2 heterocycles. The van der Waals surface area contributed by atoms with Crippen molar-refractivity contribution in [2.45, 2.75) is 16.8 Å². The predicted octanol–water partition coefficient (Wildman–Crippen LogP) is 6.16. The first-order chi connectivity index (χ1) is 16.1. The lowest BCUT2D eigenvalue weighted by Crippen LogP contribution is -2.13. The summed E-state index contributed by atoms with van der Waals surface area (Å²) >= 11 is 7.68. The van der Waals surface area contributed by atoms with Gasteiger partial charge in [0.05, 0.1) is 16.3 Å². The number of hydrogen-bond donors (Lipinski definition) is 1. The second-order valence-electron chi connectivity index (χ2n) is 7.28. The van der Waals surface area contributed by atoms with E-state index in [4.69, 9.17) is 11.6 Å². The van der Waals surface area contributed by atoms with Crippen LogP contribution in [-0.4, -0.2) is 25.5 Å². The molecule has 0 radical (unpaired) electrons. The highest BCUT2D eigenvalue weighted by molar-refractivity contribution is 7.99. The van der Waals surface area contributed by atoms with Crippen molar-refractivity contribution in [3.63, 3.8) is 0 Å². The maximum absolute atomic E-state index is 12.8. The fourth-order valence-electron chi connectivity index (χ4n) is 3.34. The Balaban J connectivity index is 1.50. The Bertz CT molecular complexity index is 1470. The lowest BCUT2D eigenvalue weighted by molar-refractivity contribution is 0.102. The number of fused-ring (bicyclic) bond motifs is 1. The van der Waals surface area contributed by atoms with Gasteiger partial charge in [0.2, 0.25) is 0 Å². The van der Waals surface area contributed by atoms with Crippen molar-refractivity contribution >= 4 is 40.7 Å². The summed E-state index contributed by atoms with van der Waals surface area (Å²) in [6.45, 7) is 1.92. The molecule has 5 aromatic rings. The highest BCUT2D eigenvalue weighted by atomic mass is 35.5. The molecule has 5 rings (SSSR count). The molecule has 6 nitrogen and oxygen atoms in total. The largest absolute Gasteiger partial charge is 0.321 e. The van der Waals surface area contributed by atoms with Gasteiger partial charge in [0.25, 0.3) is 11.7 Å².